The molecule has 0 spiro atoms. The van der Waals surface area contributed by atoms with Crippen molar-refractivity contribution in [2.45, 2.75) is 13.0 Å². The molecule has 0 unspecified atom stereocenters. The van der Waals surface area contributed by atoms with Gasteiger partial charge in [-0.05, 0) is 25.1 Å². The van der Waals surface area contributed by atoms with E-state index in [1.54, 1.807) is 24.3 Å². The van der Waals surface area contributed by atoms with Crippen molar-refractivity contribution in [3.8, 4) is 11.5 Å². The van der Waals surface area contributed by atoms with Crippen molar-refractivity contribution in [2.75, 3.05) is 12.4 Å². The molecule has 0 aliphatic carbocycles. The van der Waals surface area contributed by atoms with E-state index in [1.807, 2.05) is 0 Å². The number of hydrogen-bond acceptors (Lipinski definition) is 6. The van der Waals surface area contributed by atoms with Crippen molar-refractivity contribution in [3.63, 3.8) is 0 Å². The normalized spacial score (nSPS) is 11.3. The zero-order valence-corrected chi connectivity index (χ0v) is 13.6. The van der Waals surface area contributed by atoms with E-state index < -0.39 is 16.9 Å². The minimum atomic E-state index is -0.902. The van der Waals surface area contributed by atoms with Gasteiger partial charge in [0, 0.05) is 6.07 Å². The SMILES string of the molecule is COc1cc([N+](=O)[O-])ccc1NC(=O)[C@H](C)Oc1ccccc1C=O. The highest BCUT2D eigenvalue weighted by atomic mass is 16.6. The molecule has 1 N–H and O–H groups in total. The number of benzene rings is 2. The number of aldehydes is 1. The van der Waals surface area contributed by atoms with Gasteiger partial charge in [-0.2, -0.15) is 0 Å². The summed E-state index contributed by atoms with van der Waals surface area (Å²) < 4.78 is 10.6. The fraction of sp³-hybridized carbons (Fsp3) is 0.176. The second kappa shape index (κ2) is 7.91. The molecule has 0 aliphatic heterocycles. The molecule has 0 saturated carbocycles. The summed E-state index contributed by atoms with van der Waals surface area (Å²) in [5.41, 5.74) is 0.450. The number of nitrogens with zero attached hydrogens (tertiary/aromatic N) is 1. The Balaban J connectivity index is 2.13. The summed E-state index contributed by atoms with van der Waals surface area (Å²) in [5.74, 6) is -0.0493. The van der Waals surface area contributed by atoms with Gasteiger partial charge >= 0.3 is 0 Å². The molecule has 0 fully saturated rings. The van der Waals surface area contributed by atoms with Crippen molar-refractivity contribution < 1.29 is 24.0 Å². The Bertz CT molecular complexity index is 805. The molecule has 0 radical (unpaired) electrons. The summed E-state index contributed by atoms with van der Waals surface area (Å²) in [6, 6.07) is 10.4. The number of amides is 1. The van der Waals surface area contributed by atoms with Crippen LogP contribution in [0.5, 0.6) is 11.5 Å². The first-order valence-electron chi connectivity index (χ1n) is 7.30. The summed E-state index contributed by atoms with van der Waals surface area (Å²) in [6.45, 7) is 1.52. The smallest absolute Gasteiger partial charge is 0.273 e. The van der Waals surface area contributed by atoms with Gasteiger partial charge in [0.15, 0.2) is 12.4 Å². The third-order valence-electron chi connectivity index (χ3n) is 3.37. The molecule has 0 heterocycles. The Labute approximate surface area is 143 Å². The predicted molar refractivity (Wildman–Crippen MR) is 90.2 cm³/mol. The molecule has 130 valence electrons. The molecule has 8 heteroatoms. The lowest BCUT2D eigenvalue weighted by Crippen LogP contribution is -2.30. The van der Waals surface area contributed by atoms with E-state index in [4.69, 9.17) is 9.47 Å². The molecule has 25 heavy (non-hydrogen) atoms. The second-order valence-corrected chi connectivity index (χ2v) is 5.05. The summed E-state index contributed by atoms with van der Waals surface area (Å²) in [7, 11) is 1.34. The highest BCUT2D eigenvalue weighted by Crippen LogP contribution is 2.29. The lowest BCUT2D eigenvalue weighted by atomic mass is 10.2. The zero-order valence-electron chi connectivity index (χ0n) is 13.6. The molecule has 2 rings (SSSR count). The van der Waals surface area contributed by atoms with Crippen LogP contribution < -0.4 is 14.8 Å². The Morgan fingerprint density at radius 2 is 1.96 bits per heavy atom. The molecule has 8 nitrogen and oxygen atoms in total. The number of nitrogens with one attached hydrogen (secondary N) is 1. The molecule has 0 saturated heterocycles. The fourth-order valence-electron chi connectivity index (χ4n) is 2.06. The van der Waals surface area contributed by atoms with Crippen LogP contribution in [-0.2, 0) is 4.79 Å². The number of ether oxygens (including phenoxy) is 2. The van der Waals surface area contributed by atoms with Gasteiger partial charge in [0.2, 0.25) is 0 Å². The average Bonchev–Trinajstić information content (AvgIpc) is 2.62. The number of nitro benzene ring substituents is 1. The van der Waals surface area contributed by atoms with Gasteiger partial charge in [-0.3, -0.25) is 19.7 Å². The number of methoxy groups -OCH3 is 1. The molecule has 2 aromatic carbocycles. The highest BCUT2D eigenvalue weighted by molar-refractivity contribution is 5.95. The van der Waals surface area contributed by atoms with E-state index in [9.17, 15) is 19.7 Å². The molecule has 2 aromatic rings. The molecular weight excluding hydrogens is 328 g/mol. The minimum absolute atomic E-state index is 0.154. The second-order valence-electron chi connectivity index (χ2n) is 5.05. The first-order valence-corrected chi connectivity index (χ1v) is 7.30. The third kappa shape index (κ3) is 4.31. The van der Waals surface area contributed by atoms with E-state index in [0.717, 1.165) is 0 Å². The number of anilines is 1. The highest BCUT2D eigenvalue weighted by Gasteiger charge is 2.19. The molecule has 1 atom stereocenters. The van der Waals surface area contributed by atoms with Gasteiger partial charge in [0.25, 0.3) is 11.6 Å². The van der Waals surface area contributed by atoms with Crippen molar-refractivity contribution in [1.29, 1.82) is 0 Å². The Kier molecular flexibility index (Phi) is 5.67. The first kappa shape index (κ1) is 17.9. The van der Waals surface area contributed by atoms with E-state index in [0.29, 0.717) is 11.8 Å². The lowest BCUT2D eigenvalue weighted by molar-refractivity contribution is -0.384. The Morgan fingerprint density at radius 3 is 2.60 bits per heavy atom. The van der Waals surface area contributed by atoms with Gasteiger partial charge in [-0.15, -0.1) is 0 Å². The van der Waals surface area contributed by atoms with Crippen LogP contribution in [0.3, 0.4) is 0 Å². The fourth-order valence-corrected chi connectivity index (χ4v) is 2.06. The van der Waals surface area contributed by atoms with Crippen LogP contribution in [-0.4, -0.2) is 30.3 Å². The number of carbonyl (C=O) groups is 2. The molecule has 0 aromatic heterocycles. The molecule has 1 amide bonds. The Hall–Kier alpha value is -3.42. The van der Waals surface area contributed by atoms with Crippen molar-refractivity contribution in [3.05, 3.63) is 58.1 Å². The van der Waals surface area contributed by atoms with Crippen LogP contribution in [0.15, 0.2) is 42.5 Å². The van der Waals surface area contributed by atoms with E-state index in [1.165, 1.54) is 32.2 Å². The molecule has 0 bridgehead atoms. The van der Waals surface area contributed by atoms with Crippen molar-refractivity contribution in [2.24, 2.45) is 0 Å². The monoisotopic (exact) mass is 344 g/mol. The molecule has 0 aliphatic rings. The van der Waals surface area contributed by atoms with Crippen LogP contribution in [0.25, 0.3) is 0 Å². The third-order valence-corrected chi connectivity index (χ3v) is 3.37. The Morgan fingerprint density at radius 1 is 1.24 bits per heavy atom. The van der Waals surface area contributed by atoms with Gasteiger partial charge in [0.1, 0.15) is 11.5 Å². The van der Waals surface area contributed by atoms with Crippen LogP contribution >= 0.6 is 0 Å². The van der Waals surface area contributed by atoms with E-state index >= 15 is 0 Å². The van der Waals surface area contributed by atoms with Crippen LogP contribution in [0, 0.1) is 10.1 Å². The quantitative estimate of drug-likeness (QED) is 0.470. The number of non-ortho nitro benzene ring substituents is 1. The maximum Gasteiger partial charge on any atom is 0.273 e. The maximum absolute atomic E-state index is 12.3. The summed E-state index contributed by atoms with van der Waals surface area (Å²) in [5, 5.41) is 13.4. The van der Waals surface area contributed by atoms with Gasteiger partial charge < -0.3 is 14.8 Å². The summed E-state index contributed by atoms with van der Waals surface area (Å²) in [6.07, 6.45) is -0.264. The topological polar surface area (TPSA) is 108 Å². The average molecular weight is 344 g/mol. The number of hydrogen-bond donors (Lipinski definition) is 1. The maximum atomic E-state index is 12.3. The van der Waals surface area contributed by atoms with Gasteiger partial charge in [-0.1, -0.05) is 12.1 Å². The first-order chi connectivity index (χ1) is 12.0. The van der Waals surface area contributed by atoms with Crippen LogP contribution in [0.4, 0.5) is 11.4 Å². The van der Waals surface area contributed by atoms with Crippen molar-refractivity contribution in [1.82, 2.24) is 0 Å². The minimum Gasteiger partial charge on any atom is -0.494 e. The molecular formula is C17H16N2O6. The number of nitro groups is 1. The van der Waals surface area contributed by atoms with Crippen molar-refractivity contribution >= 4 is 23.6 Å². The number of rotatable bonds is 7. The van der Waals surface area contributed by atoms with Gasteiger partial charge in [0.05, 0.1) is 29.4 Å². The lowest BCUT2D eigenvalue weighted by Gasteiger charge is -2.17. The van der Waals surface area contributed by atoms with E-state index in [2.05, 4.69) is 5.32 Å². The van der Waals surface area contributed by atoms with Crippen LogP contribution in [0.1, 0.15) is 17.3 Å². The largest absolute Gasteiger partial charge is 0.494 e. The number of para-hydroxylation sites is 1. The van der Waals surface area contributed by atoms with Crippen LogP contribution in [0.2, 0.25) is 0 Å². The van der Waals surface area contributed by atoms with E-state index in [-0.39, 0.29) is 22.9 Å². The summed E-state index contributed by atoms with van der Waals surface area (Å²) >= 11 is 0. The predicted octanol–water partition coefficient (Wildman–Crippen LogP) is 2.82. The zero-order chi connectivity index (χ0) is 18.4. The number of carbonyl (C=O) groups excluding carboxylic acids is 2. The van der Waals surface area contributed by atoms with Gasteiger partial charge in [-0.25, -0.2) is 0 Å². The summed E-state index contributed by atoms with van der Waals surface area (Å²) in [4.78, 5) is 33.5. The standard InChI is InChI=1S/C17H16N2O6/c1-11(25-15-6-4-3-5-12(15)10-20)17(21)18-14-8-7-13(19(22)23)9-16(14)24-2/h3-11H,1-2H3,(H,18,21)/t11-/m0/s1.